The van der Waals surface area contributed by atoms with Crippen LogP contribution in [0.3, 0.4) is 0 Å². The average molecular weight is 389 g/mol. The number of pyridine rings is 1. The van der Waals surface area contributed by atoms with Crippen molar-refractivity contribution in [1.29, 1.82) is 0 Å². The number of amides is 1. The van der Waals surface area contributed by atoms with Crippen LogP contribution in [0.5, 0.6) is 5.75 Å². The molecule has 0 bridgehead atoms. The first kappa shape index (κ1) is 20.4. The van der Waals surface area contributed by atoms with Crippen molar-refractivity contribution in [2.75, 3.05) is 25.5 Å². The zero-order valence-corrected chi connectivity index (χ0v) is 16.7. The van der Waals surface area contributed by atoms with E-state index < -0.39 is 0 Å². The van der Waals surface area contributed by atoms with Gasteiger partial charge in [-0.15, -0.1) is 0 Å². The van der Waals surface area contributed by atoms with Gasteiger partial charge in [0.2, 0.25) is 0 Å². The fraction of sp³-hybridized carbons (Fsp3) is 0.250. The lowest BCUT2D eigenvalue weighted by Crippen LogP contribution is -2.25. The molecule has 1 heterocycles. The monoisotopic (exact) mass is 389 g/mol. The van der Waals surface area contributed by atoms with Crippen molar-refractivity contribution in [3.8, 4) is 5.75 Å². The molecule has 29 heavy (non-hydrogen) atoms. The molecule has 0 fully saturated rings. The van der Waals surface area contributed by atoms with E-state index in [-0.39, 0.29) is 5.91 Å². The molecule has 0 atom stereocenters. The number of rotatable bonds is 10. The molecule has 3 aromatic rings. The summed E-state index contributed by atoms with van der Waals surface area (Å²) < 4.78 is 5.38. The van der Waals surface area contributed by atoms with Gasteiger partial charge in [-0.2, -0.15) is 0 Å². The Morgan fingerprint density at radius 3 is 2.59 bits per heavy atom. The van der Waals surface area contributed by atoms with Crippen molar-refractivity contribution in [2.45, 2.75) is 19.3 Å². The Hall–Kier alpha value is -3.34. The summed E-state index contributed by atoms with van der Waals surface area (Å²) in [6.07, 6.45) is 4.32. The number of carbonyl (C=O) groups excluding carboxylic acids is 1. The molecular weight excluding hydrogens is 362 g/mol. The molecule has 0 unspecified atom stereocenters. The van der Waals surface area contributed by atoms with Crippen LogP contribution < -0.4 is 15.4 Å². The summed E-state index contributed by atoms with van der Waals surface area (Å²) in [4.78, 5) is 16.6. The predicted octanol–water partition coefficient (Wildman–Crippen LogP) is 4.11. The van der Waals surface area contributed by atoms with Crippen LogP contribution in [0, 0.1) is 0 Å². The van der Waals surface area contributed by atoms with Crippen LogP contribution in [-0.4, -0.2) is 31.1 Å². The van der Waals surface area contributed by atoms with Crippen molar-refractivity contribution in [2.24, 2.45) is 0 Å². The van der Waals surface area contributed by atoms with Crippen molar-refractivity contribution < 1.29 is 9.53 Å². The summed E-state index contributed by atoms with van der Waals surface area (Å²) in [7, 11) is 1.68. The number of anilines is 1. The number of hydrogen-bond donors (Lipinski definition) is 2. The first-order valence-electron chi connectivity index (χ1n) is 9.90. The SMILES string of the molecule is COc1ccccc1CCNc1ccnc(C(=O)NCCCc2ccccc2)c1. The minimum atomic E-state index is -0.147. The maximum absolute atomic E-state index is 12.4. The number of methoxy groups -OCH3 is 1. The zero-order chi connectivity index (χ0) is 20.3. The van der Waals surface area contributed by atoms with Gasteiger partial charge >= 0.3 is 0 Å². The minimum absolute atomic E-state index is 0.147. The standard InChI is InChI=1S/C24H27N3O2/c1-29-23-12-6-5-11-20(23)13-16-25-21-14-17-26-22(18-21)24(28)27-15-7-10-19-8-3-2-4-9-19/h2-6,8-9,11-12,14,17-18H,7,10,13,15-16H2,1H3,(H,25,26)(H,27,28). The smallest absolute Gasteiger partial charge is 0.269 e. The number of nitrogens with one attached hydrogen (secondary N) is 2. The van der Waals surface area contributed by atoms with Crippen molar-refractivity contribution in [3.05, 3.63) is 89.7 Å². The lowest BCUT2D eigenvalue weighted by Gasteiger charge is -2.10. The maximum atomic E-state index is 12.4. The van der Waals surface area contributed by atoms with Crippen LogP contribution in [-0.2, 0) is 12.8 Å². The molecular formula is C24H27N3O2. The molecule has 0 saturated heterocycles. The molecule has 0 aliphatic carbocycles. The van der Waals surface area contributed by atoms with Crippen LogP contribution in [0.2, 0.25) is 0 Å². The highest BCUT2D eigenvalue weighted by Crippen LogP contribution is 2.18. The lowest BCUT2D eigenvalue weighted by atomic mass is 10.1. The number of aryl methyl sites for hydroxylation is 1. The molecule has 150 valence electrons. The molecule has 2 aromatic carbocycles. The number of hydrogen-bond acceptors (Lipinski definition) is 4. The van der Waals surface area contributed by atoms with E-state index >= 15 is 0 Å². The van der Waals surface area contributed by atoms with Crippen LogP contribution >= 0.6 is 0 Å². The third-order valence-electron chi connectivity index (χ3n) is 4.68. The molecule has 0 spiro atoms. The number of nitrogens with zero attached hydrogens (tertiary/aromatic N) is 1. The van der Waals surface area contributed by atoms with Crippen LogP contribution in [0.1, 0.15) is 28.0 Å². The van der Waals surface area contributed by atoms with Crippen LogP contribution in [0.4, 0.5) is 5.69 Å². The third kappa shape index (κ3) is 6.35. The summed E-state index contributed by atoms with van der Waals surface area (Å²) in [6, 6.07) is 21.9. The second-order valence-electron chi connectivity index (χ2n) is 6.76. The van der Waals surface area contributed by atoms with Gasteiger partial charge in [0.15, 0.2) is 0 Å². The highest BCUT2D eigenvalue weighted by atomic mass is 16.5. The molecule has 0 saturated carbocycles. The summed E-state index contributed by atoms with van der Waals surface area (Å²) in [5, 5.41) is 6.30. The Labute approximate surface area is 172 Å². The van der Waals surface area contributed by atoms with Crippen molar-refractivity contribution >= 4 is 11.6 Å². The Morgan fingerprint density at radius 1 is 0.966 bits per heavy atom. The average Bonchev–Trinajstić information content (AvgIpc) is 2.78. The topological polar surface area (TPSA) is 63.2 Å². The fourth-order valence-electron chi connectivity index (χ4n) is 3.15. The van der Waals surface area contributed by atoms with Gasteiger partial charge in [0, 0.05) is 25.0 Å². The number of para-hydroxylation sites is 1. The second kappa shape index (κ2) is 10.9. The van der Waals surface area contributed by atoms with E-state index in [0.29, 0.717) is 12.2 Å². The summed E-state index contributed by atoms with van der Waals surface area (Å²) in [6.45, 7) is 1.36. The van der Waals surface area contributed by atoms with Crippen LogP contribution in [0.15, 0.2) is 72.9 Å². The molecule has 2 N–H and O–H groups in total. The Morgan fingerprint density at radius 2 is 1.76 bits per heavy atom. The molecule has 5 heteroatoms. The summed E-state index contributed by atoms with van der Waals surface area (Å²) in [5.41, 5.74) is 3.73. The molecule has 1 amide bonds. The van der Waals surface area contributed by atoms with E-state index in [4.69, 9.17) is 4.74 Å². The second-order valence-corrected chi connectivity index (χ2v) is 6.76. The molecule has 0 radical (unpaired) electrons. The van der Waals surface area contributed by atoms with E-state index in [2.05, 4.69) is 33.8 Å². The van der Waals surface area contributed by atoms with Gasteiger partial charge in [-0.3, -0.25) is 9.78 Å². The molecule has 0 aliphatic heterocycles. The van der Waals surface area contributed by atoms with Gasteiger partial charge in [-0.25, -0.2) is 0 Å². The largest absolute Gasteiger partial charge is 0.496 e. The normalized spacial score (nSPS) is 10.4. The fourth-order valence-corrected chi connectivity index (χ4v) is 3.15. The van der Waals surface area contributed by atoms with Gasteiger partial charge in [0.1, 0.15) is 11.4 Å². The molecule has 0 aliphatic rings. The zero-order valence-electron chi connectivity index (χ0n) is 16.7. The number of aromatic nitrogens is 1. The van der Waals surface area contributed by atoms with E-state index in [1.807, 2.05) is 42.5 Å². The number of benzene rings is 2. The van der Waals surface area contributed by atoms with Crippen molar-refractivity contribution in [3.63, 3.8) is 0 Å². The van der Waals surface area contributed by atoms with E-state index in [9.17, 15) is 4.79 Å². The lowest BCUT2D eigenvalue weighted by molar-refractivity contribution is 0.0948. The van der Waals surface area contributed by atoms with Crippen LogP contribution in [0.25, 0.3) is 0 Å². The van der Waals surface area contributed by atoms with E-state index in [0.717, 1.165) is 42.8 Å². The van der Waals surface area contributed by atoms with E-state index in [1.54, 1.807) is 19.4 Å². The highest BCUT2D eigenvalue weighted by molar-refractivity contribution is 5.93. The predicted molar refractivity (Wildman–Crippen MR) is 117 cm³/mol. The Balaban J connectivity index is 1.45. The molecule has 1 aromatic heterocycles. The Bertz CT molecular complexity index is 913. The van der Waals surface area contributed by atoms with Gasteiger partial charge in [-0.1, -0.05) is 48.5 Å². The first-order valence-corrected chi connectivity index (χ1v) is 9.90. The third-order valence-corrected chi connectivity index (χ3v) is 4.68. The number of ether oxygens (including phenoxy) is 1. The molecule has 5 nitrogen and oxygen atoms in total. The van der Waals surface area contributed by atoms with Gasteiger partial charge < -0.3 is 15.4 Å². The van der Waals surface area contributed by atoms with Gasteiger partial charge in [0.25, 0.3) is 5.91 Å². The van der Waals surface area contributed by atoms with E-state index in [1.165, 1.54) is 5.56 Å². The minimum Gasteiger partial charge on any atom is -0.496 e. The highest BCUT2D eigenvalue weighted by Gasteiger charge is 2.08. The van der Waals surface area contributed by atoms with Gasteiger partial charge in [-0.05, 0) is 48.6 Å². The summed E-state index contributed by atoms with van der Waals surface area (Å²) in [5.74, 6) is 0.742. The maximum Gasteiger partial charge on any atom is 0.269 e. The molecule has 3 rings (SSSR count). The van der Waals surface area contributed by atoms with Crippen molar-refractivity contribution in [1.82, 2.24) is 10.3 Å². The summed E-state index contributed by atoms with van der Waals surface area (Å²) >= 11 is 0. The quantitative estimate of drug-likeness (QED) is 0.512. The number of carbonyl (C=O) groups is 1. The van der Waals surface area contributed by atoms with Gasteiger partial charge in [0.05, 0.1) is 7.11 Å². The first-order chi connectivity index (χ1) is 14.3. The Kier molecular flexibility index (Phi) is 7.63.